The highest BCUT2D eigenvalue weighted by Crippen LogP contribution is 2.53. The van der Waals surface area contributed by atoms with Crippen LogP contribution in [-0.2, 0) is 25.0 Å². The smallest absolute Gasteiger partial charge is 0.407 e. The van der Waals surface area contributed by atoms with E-state index >= 15 is 8.78 Å². The number of rotatable bonds is 11. The van der Waals surface area contributed by atoms with Crippen molar-refractivity contribution in [1.29, 1.82) is 0 Å². The monoisotopic (exact) mass is 917 g/mol. The number of nitrogens with zero attached hydrogens (tertiary/aromatic N) is 3. The largest absolute Gasteiger partial charge is 0.453 e. The molecular weight excluding hydrogens is 861 g/mol. The van der Waals surface area contributed by atoms with Crippen LogP contribution < -0.4 is 16.1 Å². The minimum absolute atomic E-state index is 0.0351. The topological polar surface area (TPSA) is 179 Å². The lowest BCUT2D eigenvalue weighted by atomic mass is 9.85. The second-order valence-electron chi connectivity index (χ2n) is 19.3. The first-order valence-corrected chi connectivity index (χ1v) is 23.2. The van der Waals surface area contributed by atoms with Crippen LogP contribution in [0.3, 0.4) is 0 Å². The number of ether oxygens (including phenoxy) is 2. The molecule has 2 aliphatic heterocycles. The fourth-order valence-corrected chi connectivity index (χ4v) is 11.2. The number of carbonyl (C=O) groups is 4. The van der Waals surface area contributed by atoms with Crippen LogP contribution in [0.1, 0.15) is 101 Å². The van der Waals surface area contributed by atoms with E-state index in [9.17, 15) is 24.0 Å². The van der Waals surface area contributed by atoms with Crippen molar-refractivity contribution < 1.29 is 37.4 Å². The van der Waals surface area contributed by atoms with E-state index in [2.05, 4.69) is 25.6 Å². The number of nitrogens with one attached hydrogen (secondary N) is 4. The van der Waals surface area contributed by atoms with Crippen LogP contribution in [0.5, 0.6) is 0 Å². The Morgan fingerprint density at radius 2 is 1.39 bits per heavy atom. The Balaban J connectivity index is 0.964. The molecule has 1 saturated carbocycles. The normalized spacial score (nSPS) is 21.6. The van der Waals surface area contributed by atoms with E-state index in [1.165, 1.54) is 26.4 Å². The van der Waals surface area contributed by atoms with Crippen LogP contribution in [0.15, 0.2) is 71.7 Å². The van der Waals surface area contributed by atoms with Crippen LogP contribution in [0, 0.1) is 17.8 Å². The van der Waals surface area contributed by atoms with E-state index in [-0.39, 0.29) is 70.2 Å². The van der Waals surface area contributed by atoms with Crippen molar-refractivity contribution in [3.05, 3.63) is 99.7 Å². The molecule has 4 amide bonds. The van der Waals surface area contributed by atoms with Gasteiger partial charge in [-0.3, -0.25) is 14.4 Å². The fourth-order valence-electron chi connectivity index (χ4n) is 11.2. The van der Waals surface area contributed by atoms with Gasteiger partial charge in [0, 0.05) is 58.4 Å². The molecule has 4 aliphatic rings. The fraction of sp³-hybridized carbons (Fsp3) is 0.451. The number of H-pyrrole nitrogens is 2. The van der Waals surface area contributed by atoms with E-state index in [0.717, 1.165) is 25.7 Å². The molecule has 4 heterocycles. The highest BCUT2D eigenvalue weighted by Gasteiger charge is 2.52. The van der Waals surface area contributed by atoms with Crippen LogP contribution >= 0.6 is 0 Å². The molecule has 0 radical (unpaired) electrons. The maximum Gasteiger partial charge on any atom is 0.407 e. The highest BCUT2D eigenvalue weighted by molar-refractivity contribution is 5.89. The zero-order valence-electron chi connectivity index (χ0n) is 38.7. The molecule has 7 atom stereocenters. The molecule has 5 aromatic rings. The van der Waals surface area contributed by atoms with Crippen LogP contribution in [-0.4, -0.2) is 93.7 Å². The molecular formula is C51H57F2N7O7. The summed E-state index contributed by atoms with van der Waals surface area (Å²) < 4.78 is 42.9. The molecule has 67 heavy (non-hydrogen) atoms. The molecule has 14 nitrogen and oxygen atoms in total. The first kappa shape index (κ1) is 45.6. The maximum absolute atomic E-state index is 16.7. The van der Waals surface area contributed by atoms with Crippen molar-refractivity contribution in [3.63, 3.8) is 0 Å². The number of pyridine rings is 1. The van der Waals surface area contributed by atoms with Gasteiger partial charge in [0.25, 0.3) is 5.92 Å². The number of alkyl carbamates (subject to hydrolysis) is 2. The van der Waals surface area contributed by atoms with E-state index in [4.69, 9.17) is 9.47 Å². The number of amides is 4. The molecule has 3 aromatic carbocycles. The molecule has 0 spiro atoms. The molecule has 4 N–H and O–H groups in total. The number of fused-ring (bicyclic) bond motifs is 6. The van der Waals surface area contributed by atoms with Crippen molar-refractivity contribution in [3.8, 4) is 33.5 Å². The van der Waals surface area contributed by atoms with E-state index in [1.807, 2.05) is 51.7 Å². The summed E-state index contributed by atoms with van der Waals surface area (Å²) in [5.74, 6) is -3.59. The molecule has 2 aromatic heterocycles. The second-order valence-corrected chi connectivity index (χ2v) is 19.3. The average molecular weight is 918 g/mol. The highest BCUT2D eigenvalue weighted by atomic mass is 19.3. The van der Waals surface area contributed by atoms with E-state index in [1.54, 1.807) is 47.5 Å². The van der Waals surface area contributed by atoms with Gasteiger partial charge in [0.05, 0.1) is 37.7 Å². The molecule has 9 rings (SSSR count). The summed E-state index contributed by atoms with van der Waals surface area (Å²) in [6.07, 6.45) is 4.31. The Morgan fingerprint density at radius 1 is 0.776 bits per heavy atom. The molecule has 3 fully saturated rings. The summed E-state index contributed by atoms with van der Waals surface area (Å²) in [4.78, 5) is 80.9. The summed E-state index contributed by atoms with van der Waals surface area (Å²) >= 11 is 0. The lowest BCUT2D eigenvalue weighted by molar-refractivity contribution is -0.139. The van der Waals surface area contributed by atoms with Gasteiger partial charge >= 0.3 is 12.2 Å². The lowest BCUT2D eigenvalue weighted by Crippen LogP contribution is -2.57. The lowest BCUT2D eigenvalue weighted by Gasteiger charge is -2.41. The Bertz CT molecular complexity index is 2840. The third-order valence-corrected chi connectivity index (χ3v) is 14.6. The number of alkyl halides is 2. The number of hydrogen-bond acceptors (Lipinski definition) is 8. The maximum atomic E-state index is 16.7. The summed E-state index contributed by atoms with van der Waals surface area (Å²) in [6.45, 7) is 9.96. The zero-order chi connectivity index (χ0) is 47.6. The summed E-state index contributed by atoms with van der Waals surface area (Å²) in [6, 6.07) is 14.8. The Labute approximate surface area is 387 Å². The SMILES string of the molecule is COC(=O)NC(C(=O)N1CCCC1c1ncc(-c2ccc3c(c2)C(F)(F)c2cc(-c4ccc5c(=O)cc(C(C)C6C7CCC(C7)N6C(=O)C(NC(=O)OC)C(C)C)[nH]c5c4)ccc2-3)[nH]1)C(C)C. The summed E-state index contributed by atoms with van der Waals surface area (Å²) in [7, 11) is 2.52. The summed E-state index contributed by atoms with van der Waals surface area (Å²) in [5.41, 5.74) is 3.91. The number of halogens is 2. The molecule has 2 bridgehead atoms. The van der Waals surface area contributed by atoms with Gasteiger partial charge in [-0.25, -0.2) is 14.6 Å². The average Bonchev–Trinajstić information content (AvgIpc) is 4.18. The van der Waals surface area contributed by atoms with Gasteiger partial charge in [-0.15, -0.1) is 0 Å². The summed E-state index contributed by atoms with van der Waals surface area (Å²) in [5, 5.41) is 5.84. The Hall–Kier alpha value is -6.58. The van der Waals surface area contributed by atoms with Gasteiger partial charge in [-0.1, -0.05) is 65.0 Å². The molecule has 2 saturated heterocycles. The van der Waals surface area contributed by atoms with Gasteiger partial charge in [0.15, 0.2) is 5.43 Å². The standard InChI is InChI=1S/C51H57F2N7O7/c1-25(2)43(57-49(64)66-6)47(62)59-18-8-9-41(59)46-54-24-40(56-46)30-13-16-34-33-15-11-28(20-36(33)51(52,53)37(34)21-30)29-12-17-35-39(22-29)55-38(23-42(35)61)27(5)45-31-10-14-32(19-31)60(45)48(63)44(26(3)4)58-50(65)67-7/h11-13,15-17,20-27,31-32,41,43-45H,8-10,14,18-19H2,1-7H3,(H,54,56)(H,55,61)(H,57,64)(H,58,65). The molecule has 7 unspecified atom stereocenters. The van der Waals surface area contributed by atoms with Gasteiger partial charge < -0.3 is 39.9 Å². The van der Waals surface area contributed by atoms with E-state index in [0.29, 0.717) is 68.9 Å². The minimum Gasteiger partial charge on any atom is -0.453 e. The van der Waals surface area contributed by atoms with E-state index < -0.39 is 30.2 Å². The third-order valence-electron chi connectivity index (χ3n) is 14.6. The number of methoxy groups -OCH3 is 2. The van der Waals surface area contributed by atoms with Crippen LogP contribution in [0.2, 0.25) is 0 Å². The van der Waals surface area contributed by atoms with Crippen molar-refractivity contribution >= 4 is 34.9 Å². The van der Waals surface area contributed by atoms with Crippen molar-refractivity contribution in [1.82, 2.24) is 35.4 Å². The number of imidazole rings is 1. The van der Waals surface area contributed by atoms with Crippen molar-refractivity contribution in [2.24, 2.45) is 17.8 Å². The number of aromatic amines is 2. The number of benzene rings is 3. The predicted molar refractivity (Wildman–Crippen MR) is 248 cm³/mol. The van der Waals surface area contributed by atoms with Gasteiger partial charge in [0.1, 0.15) is 17.9 Å². The quantitative estimate of drug-likeness (QED) is 0.102. The van der Waals surface area contributed by atoms with Crippen LogP contribution in [0.4, 0.5) is 18.4 Å². The Morgan fingerprint density at radius 3 is 2.04 bits per heavy atom. The van der Waals surface area contributed by atoms with Gasteiger partial charge in [-0.05, 0) is 96.4 Å². The zero-order valence-corrected chi connectivity index (χ0v) is 38.7. The third kappa shape index (κ3) is 8.01. The second kappa shape index (κ2) is 17.6. The molecule has 2 aliphatic carbocycles. The number of carbonyl (C=O) groups excluding carboxylic acids is 4. The van der Waals surface area contributed by atoms with Gasteiger partial charge in [-0.2, -0.15) is 8.78 Å². The Kier molecular flexibility index (Phi) is 12.0. The first-order valence-electron chi connectivity index (χ1n) is 23.2. The predicted octanol–water partition coefficient (Wildman–Crippen LogP) is 8.61. The number of aromatic nitrogens is 3. The van der Waals surface area contributed by atoms with Crippen molar-refractivity contribution in [2.75, 3.05) is 20.8 Å². The molecule has 16 heteroatoms. The van der Waals surface area contributed by atoms with Crippen molar-refractivity contribution in [2.45, 2.75) is 109 Å². The number of hydrogen-bond donors (Lipinski definition) is 4. The van der Waals surface area contributed by atoms with Gasteiger partial charge in [0.2, 0.25) is 11.8 Å². The first-order chi connectivity index (χ1) is 32.0. The molecule has 352 valence electrons. The minimum atomic E-state index is -3.33. The number of likely N-dealkylation sites (tertiary alicyclic amines) is 2. The van der Waals surface area contributed by atoms with Crippen LogP contribution in [0.25, 0.3) is 44.4 Å². The number of piperidine rings is 1.